The molecular weight excluding hydrogens is 246 g/mol. The Morgan fingerprint density at radius 1 is 1.15 bits per heavy atom. The molecule has 2 rings (SSSR count). The molecule has 0 atom stereocenters. The van der Waals surface area contributed by atoms with Gasteiger partial charge in [0.2, 0.25) is 0 Å². The molecule has 0 saturated carbocycles. The van der Waals surface area contributed by atoms with E-state index in [1.165, 1.54) is 36.3 Å². The number of likely N-dealkylation sites (N-methyl/N-ethyl adjacent to an activating group) is 1. The molecule has 1 aliphatic rings. The number of hydrogen-bond acceptors (Lipinski definition) is 3. The van der Waals surface area contributed by atoms with E-state index < -0.39 is 0 Å². The van der Waals surface area contributed by atoms with Crippen molar-refractivity contribution in [2.24, 2.45) is 0 Å². The van der Waals surface area contributed by atoms with Gasteiger partial charge in [0, 0.05) is 37.9 Å². The van der Waals surface area contributed by atoms with Crippen LogP contribution in [-0.4, -0.2) is 44.2 Å². The van der Waals surface area contributed by atoms with E-state index in [1.54, 1.807) is 0 Å². The number of anilines is 1. The molecule has 0 amide bonds. The van der Waals surface area contributed by atoms with Crippen molar-refractivity contribution in [3.63, 3.8) is 0 Å². The topological polar surface area (TPSA) is 18.5 Å². The van der Waals surface area contributed by atoms with Crippen LogP contribution in [0.25, 0.3) is 0 Å². The molecule has 0 aromatic heterocycles. The molecule has 1 N–H and O–H groups in total. The van der Waals surface area contributed by atoms with Crippen molar-refractivity contribution < 1.29 is 0 Å². The molecule has 112 valence electrons. The van der Waals surface area contributed by atoms with Gasteiger partial charge >= 0.3 is 0 Å². The predicted molar refractivity (Wildman–Crippen MR) is 87.5 cm³/mol. The van der Waals surface area contributed by atoms with Crippen molar-refractivity contribution in [3.8, 4) is 0 Å². The highest BCUT2D eigenvalue weighted by molar-refractivity contribution is 5.51. The molecule has 0 radical (unpaired) electrons. The van der Waals surface area contributed by atoms with Gasteiger partial charge in [0.05, 0.1) is 0 Å². The lowest BCUT2D eigenvalue weighted by Gasteiger charge is -2.24. The molecule has 3 nitrogen and oxygen atoms in total. The number of benzene rings is 1. The largest absolute Gasteiger partial charge is 0.370 e. The van der Waals surface area contributed by atoms with Crippen LogP contribution in [0.5, 0.6) is 0 Å². The summed E-state index contributed by atoms with van der Waals surface area (Å²) in [4.78, 5) is 4.95. The second-order valence-corrected chi connectivity index (χ2v) is 6.29. The first-order valence-corrected chi connectivity index (χ1v) is 7.82. The van der Waals surface area contributed by atoms with Gasteiger partial charge in [-0.1, -0.05) is 19.9 Å². The molecule has 1 aromatic carbocycles. The molecule has 1 heterocycles. The molecule has 1 saturated heterocycles. The second kappa shape index (κ2) is 7.09. The molecule has 0 spiro atoms. The third-order valence-corrected chi connectivity index (χ3v) is 4.11. The quantitative estimate of drug-likeness (QED) is 0.911. The van der Waals surface area contributed by atoms with Gasteiger partial charge in [0.15, 0.2) is 0 Å². The van der Waals surface area contributed by atoms with Crippen molar-refractivity contribution in [2.75, 3.05) is 38.1 Å². The van der Waals surface area contributed by atoms with Gasteiger partial charge in [0.1, 0.15) is 0 Å². The van der Waals surface area contributed by atoms with Crippen molar-refractivity contribution >= 4 is 5.69 Å². The summed E-state index contributed by atoms with van der Waals surface area (Å²) in [6.45, 7) is 12.3. The average molecular weight is 275 g/mol. The normalized spacial score (nSPS) is 17.6. The zero-order valence-electron chi connectivity index (χ0n) is 13.4. The van der Waals surface area contributed by atoms with Crippen LogP contribution >= 0.6 is 0 Å². The summed E-state index contributed by atoms with van der Waals surface area (Å²) in [6, 6.07) is 7.46. The minimum Gasteiger partial charge on any atom is -0.370 e. The van der Waals surface area contributed by atoms with Crippen LogP contribution in [0.2, 0.25) is 0 Å². The maximum Gasteiger partial charge on any atom is 0.0369 e. The van der Waals surface area contributed by atoms with Gasteiger partial charge in [0.25, 0.3) is 0 Å². The SMILES string of the molecule is Cc1cc(N2CCCN(C)CC2)ccc1CNC(C)C. The Morgan fingerprint density at radius 2 is 1.95 bits per heavy atom. The summed E-state index contributed by atoms with van der Waals surface area (Å²) in [5.41, 5.74) is 4.19. The van der Waals surface area contributed by atoms with Crippen LogP contribution in [0.1, 0.15) is 31.4 Å². The van der Waals surface area contributed by atoms with E-state index in [-0.39, 0.29) is 0 Å². The Bertz CT molecular complexity index is 428. The monoisotopic (exact) mass is 275 g/mol. The predicted octanol–water partition coefficient (Wildman–Crippen LogP) is 2.63. The van der Waals surface area contributed by atoms with E-state index in [4.69, 9.17) is 0 Å². The van der Waals surface area contributed by atoms with Crippen molar-refractivity contribution in [2.45, 2.75) is 39.8 Å². The summed E-state index contributed by atoms with van der Waals surface area (Å²) in [7, 11) is 2.22. The molecule has 1 aliphatic heterocycles. The third kappa shape index (κ3) is 4.22. The maximum absolute atomic E-state index is 3.50. The highest BCUT2D eigenvalue weighted by atomic mass is 15.2. The molecule has 0 bridgehead atoms. The molecule has 1 fully saturated rings. The van der Waals surface area contributed by atoms with Gasteiger partial charge in [-0.25, -0.2) is 0 Å². The molecular formula is C17H29N3. The van der Waals surface area contributed by atoms with Crippen LogP contribution in [0.3, 0.4) is 0 Å². The van der Waals surface area contributed by atoms with Crippen LogP contribution in [0, 0.1) is 6.92 Å². The van der Waals surface area contributed by atoms with Gasteiger partial charge in [-0.2, -0.15) is 0 Å². The van der Waals surface area contributed by atoms with Crippen molar-refractivity contribution in [1.82, 2.24) is 10.2 Å². The lowest BCUT2D eigenvalue weighted by atomic mass is 10.1. The highest BCUT2D eigenvalue weighted by Crippen LogP contribution is 2.20. The molecule has 1 aromatic rings. The van der Waals surface area contributed by atoms with Gasteiger partial charge < -0.3 is 15.1 Å². The minimum atomic E-state index is 0.537. The van der Waals surface area contributed by atoms with Gasteiger partial charge in [-0.3, -0.25) is 0 Å². The lowest BCUT2D eigenvalue weighted by molar-refractivity contribution is 0.360. The summed E-state index contributed by atoms with van der Waals surface area (Å²) in [5.74, 6) is 0. The first kappa shape index (κ1) is 15.3. The Balaban J connectivity index is 2.04. The van der Waals surface area contributed by atoms with Crippen LogP contribution in [0.15, 0.2) is 18.2 Å². The Morgan fingerprint density at radius 3 is 2.65 bits per heavy atom. The Kier molecular flexibility index (Phi) is 5.44. The maximum atomic E-state index is 3.50. The third-order valence-electron chi connectivity index (χ3n) is 4.11. The van der Waals surface area contributed by atoms with E-state index in [2.05, 4.69) is 61.1 Å². The Hall–Kier alpha value is -1.06. The lowest BCUT2D eigenvalue weighted by Crippen LogP contribution is -2.28. The number of hydrogen-bond donors (Lipinski definition) is 1. The first-order valence-electron chi connectivity index (χ1n) is 7.82. The van der Waals surface area contributed by atoms with Crippen LogP contribution in [-0.2, 0) is 6.54 Å². The average Bonchev–Trinajstić information content (AvgIpc) is 2.62. The fourth-order valence-corrected chi connectivity index (χ4v) is 2.69. The zero-order valence-corrected chi connectivity index (χ0v) is 13.4. The summed E-state index contributed by atoms with van der Waals surface area (Å²) in [5, 5.41) is 3.50. The number of nitrogens with one attached hydrogen (secondary N) is 1. The van der Waals surface area contributed by atoms with E-state index in [0.29, 0.717) is 6.04 Å². The fourth-order valence-electron chi connectivity index (χ4n) is 2.69. The molecule has 20 heavy (non-hydrogen) atoms. The smallest absolute Gasteiger partial charge is 0.0369 e. The summed E-state index contributed by atoms with van der Waals surface area (Å²) < 4.78 is 0. The molecule has 0 aliphatic carbocycles. The van der Waals surface area contributed by atoms with Crippen molar-refractivity contribution in [1.29, 1.82) is 0 Å². The Labute approximate surface area is 124 Å². The minimum absolute atomic E-state index is 0.537. The van der Waals surface area contributed by atoms with E-state index >= 15 is 0 Å². The molecule has 0 unspecified atom stereocenters. The summed E-state index contributed by atoms with van der Waals surface area (Å²) in [6.07, 6.45) is 1.26. The highest BCUT2D eigenvalue weighted by Gasteiger charge is 2.13. The van der Waals surface area contributed by atoms with Crippen LogP contribution in [0.4, 0.5) is 5.69 Å². The zero-order chi connectivity index (χ0) is 14.5. The van der Waals surface area contributed by atoms with Crippen molar-refractivity contribution in [3.05, 3.63) is 29.3 Å². The number of aryl methyl sites for hydroxylation is 1. The van der Waals surface area contributed by atoms with Gasteiger partial charge in [-0.05, 0) is 50.2 Å². The summed E-state index contributed by atoms with van der Waals surface area (Å²) >= 11 is 0. The molecule has 3 heteroatoms. The van der Waals surface area contributed by atoms with E-state index in [9.17, 15) is 0 Å². The number of nitrogens with zero attached hydrogens (tertiary/aromatic N) is 2. The van der Waals surface area contributed by atoms with E-state index in [0.717, 1.165) is 19.6 Å². The second-order valence-electron chi connectivity index (χ2n) is 6.29. The van der Waals surface area contributed by atoms with Crippen LogP contribution < -0.4 is 10.2 Å². The van der Waals surface area contributed by atoms with Gasteiger partial charge in [-0.15, -0.1) is 0 Å². The first-order chi connectivity index (χ1) is 9.56. The fraction of sp³-hybridized carbons (Fsp3) is 0.647. The standard InChI is InChI=1S/C17H29N3/c1-14(2)18-13-16-6-7-17(12-15(16)3)20-9-5-8-19(4)10-11-20/h6-7,12,14,18H,5,8-11,13H2,1-4H3. The number of rotatable bonds is 4. The van der Waals surface area contributed by atoms with E-state index in [1.807, 2.05) is 0 Å².